The number of benzene rings is 3. The molecule has 0 saturated carbocycles. The van der Waals surface area contributed by atoms with Crippen molar-refractivity contribution in [2.24, 2.45) is 0 Å². The Morgan fingerprint density at radius 2 is 1.60 bits per heavy atom. The molecule has 4 rings (SSSR count). The van der Waals surface area contributed by atoms with Crippen molar-refractivity contribution in [3.63, 3.8) is 0 Å². The summed E-state index contributed by atoms with van der Waals surface area (Å²) in [6, 6.07) is 16.1. The lowest BCUT2D eigenvalue weighted by atomic mass is 9.98. The molecule has 0 unspecified atom stereocenters. The van der Waals surface area contributed by atoms with Crippen molar-refractivity contribution in [2.75, 3.05) is 11.3 Å². The Morgan fingerprint density at radius 1 is 0.900 bits per heavy atom. The lowest BCUT2D eigenvalue weighted by Gasteiger charge is -2.29. The first-order valence-corrected chi connectivity index (χ1v) is 10.8. The second-order valence-corrected chi connectivity index (χ2v) is 8.72. The number of sulfonamides is 1. The second-order valence-electron chi connectivity index (χ2n) is 7.04. The van der Waals surface area contributed by atoms with Crippen molar-refractivity contribution in [2.45, 2.75) is 17.9 Å². The second kappa shape index (κ2) is 7.87. The Bertz CT molecular complexity index is 1190. The highest BCUT2D eigenvalue weighted by molar-refractivity contribution is 7.92. The fourth-order valence-corrected chi connectivity index (χ4v) is 4.55. The van der Waals surface area contributed by atoms with Gasteiger partial charge in [-0.15, -0.1) is 0 Å². The smallest absolute Gasteiger partial charge is 0.262 e. The van der Waals surface area contributed by atoms with E-state index in [1.165, 1.54) is 0 Å². The molecule has 0 atom stereocenters. The van der Waals surface area contributed by atoms with Gasteiger partial charge in [0.1, 0.15) is 11.6 Å². The Kier molecular flexibility index (Phi) is 5.26. The minimum Gasteiger partial charge on any atom is -0.334 e. The molecule has 1 heterocycles. The summed E-state index contributed by atoms with van der Waals surface area (Å²) in [4.78, 5) is 13.9. The van der Waals surface area contributed by atoms with Crippen molar-refractivity contribution >= 4 is 21.6 Å². The maximum absolute atomic E-state index is 13.4. The van der Waals surface area contributed by atoms with Crippen molar-refractivity contribution in [3.8, 4) is 0 Å². The zero-order valence-corrected chi connectivity index (χ0v) is 16.6. The Hall–Kier alpha value is -3.26. The van der Waals surface area contributed by atoms with Gasteiger partial charge < -0.3 is 4.90 Å². The molecule has 1 amide bonds. The van der Waals surface area contributed by atoms with Crippen molar-refractivity contribution in [3.05, 3.63) is 95.1 Å². The first-order chi connectivity index (χ1) is 14.3. The fraction of sp³-hybridized carbons (Fsp3) is 0.136. The van der Waals surface area contributed by atoms with Crippen molar-refractivity contribution < 1.29 is 22.0 Å². The van der Waals surface area contributed by atoms with Crippen LogP contribution in [0, 0.1) is 11.6 Å². The maximum Gasteiger partial charge on any atom is 0.262 e. The van der Waals surface area contributed by atoms with Crippen LogP contribution in [0.2, 0.25) is 0 Å². The van der Waals surface area contributed by atoms with Crippen molar-refractivity contribution in [1.82, 2.24) is 4.90 Å². The third-order valence-electron chi connectivity index (χ3n) is 4.93. The monoisotopic (exact) mass is 428 g/mol. The van der Waals surface area contributed by atoms with Crippen LogP contribution < -0.4 is 4.72 Å². The predicted octanol–water partition coefficient (Wildman–Crippen LogP) is 3.96. The summed E-state index contributed by atoms with van der Waals surface area (Å²) in [6.07, 6.45) is 0.649. The minimum absolute atomic E-state index is 0.0949. The Morgan fingerprint density at radius 3 is 2.30 bits per heavy atom. The summed E-state index contributed by atoms with van der Waals surface area (Å²) in [5.74, 6) is -2.05. The van der Waals surface area contributed by atoms with Crippen LogP contribution in [-0.4, -0.2) is 25.8 Å². The van der Waals surface area contributed by atoms with Crippen LogP contribution in [0.5, 0.6) is 0 Å². The molecule has 3 aromatic carbocycles. The van der Waals surface area contributed by atoms with Gasteiger partial charge in [0.25, 0.3) is 15.9 Å². The number of carbonyl (C=O) groups excluding carboxylic acids is 1. The zero-order chi connectivity index (χ0) is 21.3. The standard InChI is InChI=1S/C22H18F2N2O3S/c23-18-11-19(24)13-21(12-18)30(28,29)25-20-7-6-15-8-9-26(14-17(15)10-20)22(27)16-4-2-1-3-5-16/h1-7,10-13,25H,8-9,14H2. The molecule has 5 nitrogen and oxygen atoms in total. The van der Waals surface area contributed by atoms with E-state index in [0.717, 1.165) is 23.3 Å². The number of nitrogens with one attached hydrogen (secondary N) is 1. The van der Waals surface area contributed by atoms with Crippen LogP contribution in [0.3, 0.4) is 0 Å². The molecule has 0 spiro atoms. The number of hydrogen-bond acceptors (Lipinski definition) is 3. The maximum atomic E-state index is 13.4. The number of amides is 1. The van der Waals surface area contributed by atoms with E-state index in [9.17, 15) is 22.0 Å². The topological polar surface area (TPSA) is 66.5 Å². The van der Waals surface area contributed by atoms with E-state index in [-0.39, 0.29) is 11.6 Å². The van der Waals surface area contributed by atoms with Gasteiger partial charge in [0.05, 0.1) is 4.90 Å². The fourth-order valence-electron chi connectivity index (χ4n) is 3.45. The molecular weight excluding hydrogens is 410 g/mol. The minimum atomic E-state index is -4.17. The van der Waals surface area contributed by atoms with Crippen LogP contribution in [0.15, 0.2) is 71.6 Å². The van der Waals surface area contributed by atoms with Crippen LogP contribution >= 0.6 is 0 Å². The van der Waals surface area contributed by atoms with Crippen LogP contribution in [0.1, 0.15) is 21.5 Å². The highest BCUT2D eigenvalue weighted by atomic mass is 32.2. The lowest BCUT2D eigenvalue weighted by molar-refractivity contribution is 0.0734. The van der Waals surface area contributed by atoms with Crippen LogP contribution in [0.4, 0.5) is 14.5 Å². The average molecular weight is 428 g/mol. The third kappa shape index (κ3) is 4.18. The van der Waals surface area contributed by atoms with E-state index < -0.39 is 26.6 Å². The molecule has 0 aliphatic carbocycles. The highest BCUT2D eigenvalue weighted by Crippen LogP contribution is 2.26. The molecule has 0 fully saturated rings. The van der Waals surface area contributed by atoms with E-state index >= 15 is 0 Å². The van der Waals surface area contributed by atoms with Crippen LogP contribution in [0.25, 0.3) is 0 Å². The van der Waals surface area contributed by atoms with Gasteiger partial charge in [0, 0.05) is 30.4 Å². The SMILES string of the molecule is O=C(c1ccccc1)N1CCc2ccc(NS(=O)(=O)c3cc(F)cc(F)c3)cc2C1. The van der Waals surface area contributed by atoms with Gasteiger partial charge in [-0.2, -0.15) is 0 Å². The molecule has 1 N–H and O–H groups in total. The normalized spacial score (nSPS) is 13.6. The van der Waals surface area contributed by atoms with Gasteiger partial charge in [-0.05, 0) is 53.9 Å². The van der Waals surface area contributed by atoms with Gasteiger partial charge >= 0.3 is 0 Å². The molecule has 1 aliphatic heterocycles. The number of halogens is 2. The molecule has 0 aromatic heterocycles. The van der Waals surface area contributed by atoms with Gasteiger partial charge in [-0.1, -0.05) is 24.3 Å². The largest absolute Gasteiger partial charge is 0.334 e. The predicted molar refractivity (Wildman–Crippen MR) is 108 cm³/mol. The number of fused-ring (bicyclic) bond motifs is 1. The first-order valence-electron chi connectivity index (χ1n) is 9.27. The summed E-state index contributed by atoms with van der Waals surface area (Å²) in [5, 5.41) is 0. The number of rotatable bonds is 4. The molecule has 1 aliphatic rings. The summed E-state index contributed by atoms with van der Waals surface area (Å²) in [6.45, 7) is 0.904. The summed E-state index contributed by atoms with van der Waals surface area (Å²) >= 11 is 0. The van der Waals surface area contributed by atoms with E-state index in [0.29, 0.717) is 31.1 Å². The first kappa shape index (κ1) is 20.0. The molecule has 3 aromatic rings. The quantitative estimate of drug-likeness (QED) is 0.684. The van der Waals surface area contributed by atoms with E-state index in [4.69, 9.17) is 0 Å². The molecule has 0 bridgehead atoms. The average Bonchev–Trinajstić information content (AvgIpc) is 2.72. The van der Waals surface area contributed by atoms with Gasteiger partial charge in [-0.25, -0.2) is 17.2 Å². The number of anilines is 1. The number of carbonyl (C=O) groups is 1. The van der Waals surface area contributed by atoms with E-state index in [1.54, 1.807) is 47.4 Å². The molecule has 8 heteroatoms. The van der Waals surface area contributed by atoms with E-state index in [2.05, 4.69) is 4.72 Å². The number of nitrogens with zero attached hydrogens (tertiary/aromatic N) is 1. The zero-order valence-electron chi connectivity index (χ0n) is 15.8. The summed E-state index contributed by atoms with van der Waals surface area (Å²) in [5.41, 5.74) is 2.68. The van der Waals surface area contributed by atoms with Gasteiger partial charge in [-0.3, -0.25) is 9.52 Å². The lowest BCUT2D eigenvalue weighted by Crippen LogP contribution is -2.36. The summed E-state index contributed by atoms with van der Waals surface area (Å²) < 4.78 is 54.2. The van der Waals surface area contributed by atoms with Gasteiger partial charge in [0.15, 0.2) is 0 Å². The van der Waals surface area contributed by atoms with Gasteiger partial charge in [0.2, 0.25) is 0 Å². The molecule has 154 valence electrons. The van der Waals surface area contributed by atoms with Crippen LogP contribution in [-0.2, 0) is 23.0 Å². The third-order valence-corrected chi connectivity index (χ3v) is 6.29. The van der Waals surface area contributed by atoms with Crippen molar-refractivity contribution in [1.29, 1.82) is 0 Å². The highest BCUT2D eigenvalue weighted by Gasteiger charge is 2.23. The summed E-state index contributed by atoms with van der Waals surface area (Å²) in [7, 11) is -4.17. The Balaban J connectivity index is 1.56. The molecule has 30 heavy (non-hydrogen) atoms. The molecular formula is C22H18F2N2O3S. The number of hydrogen-bond donors (Lipinski definition) is 1. The molecule has 0 radical (unpaired) electrons. The van der Waals surface area contributed by atoms with E-state index in [1.807, 2.05) is 6.07 Å². The molecule has 0 saturated heterocycles. The Labute approximate surface area is 173 Å².